The lowest BCUT2D eigenvalue weighted by Gasteiger charge is -2.14. The first kappa shape index (κ1) is 21.5. The second-order valence-corrected chi connectivity index (χ2v) is 7.90. The minimum Gasteiger partial charge on any atom is -0.369 e. The molecular weight excluding hydrogens is 434 g/mol. The van der Waals surface area contributed by atoms with Crippen molar-refractivity contribution in [3.8, 4) is 0 Å². The number of carbonyl (C=O) groups is 1. The van der Waals surface area contributed by atoms with Crippen molar-refractivity contribution in [2.45, 2.75) is 25.7 Å². The van der Waals surface area contributed by atoms with Gasteiger partial charge in [-0.1, -0.05) is 6.07 Å². The molecule has 3 rings (SSSR count). The van der Waals surface area contributed by atoms with Crippen molar-refractivity contribution in [2.75, 3.05) is 48.7 Å². The van der Waals surface area contributed by atoms with Crippen molar-refractivity contribution in [3.05, 3.63) is 34.9 Å². The van der Waals surface area contributed by atoms with Gasteiger partial charge in [0.1, 0.15) is 5.82 Å². The Morgan fingerprint density at radius 3 is 2.79 bits per heavy atom. The molecule has 0 spiro atoms. The Kier molecular flexibility index (Phi) is 8.21. The summed E-state index contributed by atoms with van der Waals surface area (Å²) in [7, 11) is 0. The van der Waals surface area contributed by atoms with E-state index in [1.54, 1.807) is 6.20 Å². The van der Waals surface area contributed by atoms with Gasteiger partial charge in [0.2, 0.25) is 11.9 Å². The van der Waals surface area contributed by atoms with Crippen molar-refractivity contribution in [1.82, 2.24) is 14.9 Å². The lowest BCUT2D eigenvalue weighted by molar-refractivity contribution is -0.117. The van der Waals surface area contributed by atoms with Crippen LogP contribution in [0.3, 0.4) is 0 Å². The van der Waals surface area contributed by atoms with Crippen LogP contribution in [-0.4, -0.2) is 53.5 Å². The third-order valence-corrected chi connectivity index (χ3v) is 5.22. The van der Waals surface area contributed by atoms with E-state index in [1.165, 1.54) is 12.8 Å². The highest BCUT2D eigenvalue weighted by Crippen LogP contribution is 2.23. The van der Waals surface area contributed by atoms with E-state index in [0.29, 0.717) is 19.0 Å². The number of halogens is 1. The number of nitrogens with one attached hydrogen (secondary N) is 3. The fourth-order valence-corrected chi connectivity index (χ4v) is 3.51. The first-order chi connectivity index (χ1) is 14.1. The fourth-order valence-electron chi connectivity index (χ4n) is 3.18. The Balaban J connectivity index is 1.58. The van der Waals surface area contributed by atoms with Crippen LogP contribution in [0.15, 0.2) is 34.9 Å². The number of amides is 1. The topological polar surface area (TPSA) is 108 Å². The van der Waals surface area contributed by atoms with Gasteiger partial charge in [0.15, 0.2) is 0 Å². The first-order valence-electron chi connectivity index (χ1n) is 10.00. The number of benzene rings is 1. The van der Waals surface area contributed by atoms with Gasteiger partial charge in [0.25, 0.3) is 0 Å². The van der Waals surface area contributed by atoms with Crippen molar-refractivity contribution >= 4 is 45.0 Å². The molecule has 1 aromatic heterocycles. The average molecular weight is 462 g/mol. The molecule has 0 saturated carbocycles. The Bertz CT molecular complexity index is 811. The van der Waals surface area contributed by atoms with E-state index in [9.17, 15) is 4.79 Å². The Morgan fingerprint density at radius 2 is 2.00 bits per heavy atom. The third-order valence-electron chi connectivity index (χ3n) is 4.64. The highest BCUT2D eigenvalue weighted by atomic mass is 79.9. The molecule has 1 aromatic carbocycles. The van der Waals surface area contributed by atoms with Gasteiger partial charge in [-0.3, -0.25) is 9.69 Å². The second-order valence-electron chi connectivity index (χ2n) is 7.05. The highest BCUT2D eigenvalue weighted by molar-refractivity contribution is 9.10. The molecule has 0 aliphatic carbocycles. The number of carbonyl (C=O) groups excluding carboxylic acids is 1. The molecule has 9 heteroatoms. The Hall–Kier alpha value is -2.23. The zero-order valence-corrected chi connectivity index (χ0v) is 18.0. The zero-order valence-electron chi connectivity index (χ0n) is 16.5. The van der Waals surface area contributed by atoms with Gasteiger partial charge >= 0.3 is 0 Å². The van der Waals surface area contributed by atoms with Gasteiger partial charge in [-0.05, 0) is 79.4 Å². The molecule has 5 N–H and O–H groups in total. The molecule has 29 heavy (non-hydrogen) atoms. The largest absolute Gasteiger partial charge is 0.369 e. The Labute approximate surface area is 179 Å². The van der Waals surface area contributed by atoms with Crippen LogP contribution in [0, 0.1) is 0 Å². The van der Waals surface area contributed by atoms with Crippen LogP contribution < -0.4 is 21.7 Å². The number of hydrogen-bond donors (Lipinski definition) is 4. The van der Waals surface area contributed by atoms with Crippen molar-refractivity contribution in [1.29, 1.82) is 0 Å². The molecular formula is C20H28BrN7O. The summed E-state index contributed by atoms with van der Waals surface area (Å²) in [5.74, 6) is 1.22. The third kappa shape index (κ3) is 6.95. The van der Waals surface area contributed by atoms with Gasteiger partial charge in [-0.2, -0.15) is 4.98 Å². The maximum Gasteiger partial charge on any atom is 0.238 e. The molecule has 8 nitrogen and oxygen atoms in total. The van der Waals surface area contributed by atoms with Crippen molar-refractivity contribution in [3.63, 3.8) is 0 Å². The van der Waals surface area contributed by atoms with Crippen molar-refractivity contribution < 1.29 is 4.79 Å². The quantitative estimate of drug-likeness (QED) is 0.402. The average Bonchev–Trinajstić information content (AvgIpc) is 3.20. The molecule has 1 fully saturated rings. The number of unbranched alkanes of at least 4 members (excludes halogenated alkanes) is 1. The summed E-state index contributed by atoms with van der Waals surface area (Å²) in [5.41, 5.74) is 7.08. The van der Waals surface area contributed by atoms with Crippen LogP contribution >= 0.6 is 15.9 Å². The van der Waals surface area contributed by atoms with Crippen LogP contribution in [0.4, 0.5) is 23.1 Å². The van der Waals surface area contributed by atoms with Gasteiger partial charge in [0.05, 0.1) is 11.0 Å². The number of aromatic nitrogens is 2. The van der Waals surface area contributed by atoms with Crippen LogP contribution in [-0.2, 0) is 4.79 Å². The first-order valence-corrected chi connectivity index (χ1v) is 10.8. The smallest absolute Gasteiger partial charge is 0.238 e. The van der Waals surface area contributed by atoms with E-state index >= 15 is 0 Å². The predicted octanol–water partition coefficient (Wildman–Crippen LogP) is 3.17. The number of anilines is 4. The number of hydrogen-bond acceptors (Lipinski definition) is 7. The number of nitrogens with two attached hydrogens (primary N) is 1. The number of rotatable bonds is 10. The summed E-state index contributed by atoms with van der Waals surface area (Å²) < 4.78 is 0.804. The lowest BCUT2D eigenvalue weighted by atomic mass is 10.2. The van der Waals surface area contributed by atoms with E-state index in [4.69, 9.17) is 5.73 Å². The lowest BCUT2D eigenvalue weighted by Crippen LogP contribution is -2.30. The maximum absolute atomic E-state index is 12.2. The molecule has 156 valence electrons. The summed E-state index contributed by atoms with van der Waals surface area (Å²) in [6.45, 7) is 3.92. The van der Waals surface area contributed by atoms with Gasteiger partial charge in [-0.25, -0.2) is 4.98 Å². The molecule has 1 amide bonds. The van der Waals surface area contributed by atoms with Gasteiger partial charge < -0.3 is 21.7 Å². The summed E-state index contributed by atoms with van der Waals surface area (Å²) in [6.07, 6.45) is 6.00. The molecule has 1 aliphatic heterocycles. The number of nitrogens with zero attached hydrogens (tertiary/aromatic N) is 3. The van der Waals surface area contributed by atoms with Crippen LogP contribution in [0.5, 0.6) is 0 Å². The maximum atomic E-state index is 12.2. The number of likely N-dealkylation sites (tertiary alicyclic amines) is 1. The molecule has 0 unspecified atom stereocenters. The van der Waals surface area contributed by atoms with Crippen molar-refractivity contribution in [2.24, 2.45) is 5.73 Å². The van der Waals surface area contributed by atoms with E-state index in [-0.39, 0.29) is 5.91 Å². The van der Waals surface area contributed by atoms with Crippen LogP contribution in [0.1, 0.15) is 25.7 Å². The van der Waals surface area contributed by atoms with Gasteiger partial charge in [-0.15, -0.1) is 0 Å². The minimum atomic E-state index is 0.00732. The summed E-state index contributed by atoms with van der Waals surface area (Å²) in [6, 6.07) is 7.55. The zero-order chi connectivity index (χ0) is 20.5. The van der Waals surface area contributed by atoms with Crippen LogP contribution in [0.2, 0.25) is 0 Å². The standard InChI is InChI=1S/C20H28BrN7O/c21-17-13-24-20(27-19(17)23-9-2-1-8-22)26-16-7-5-6-15(12-16)25-18(29)14-28-10-3-4-11-28/h5-7,12-13H,1-4,8-11,14,22H2,(H,25,29)(H2,23,24,26,27). The fraction of sp³-hybridized carbons (Fsp3) is 0.450. The summed E-state index contributed by atoms with van der Waals surface area (Å²) in [4.78, 5) is 23.3. The van der Waals surface area contributed by atoms with E-state index in [1.807, 2.05) is 24.3 Å². The van der Waals surface area contributed by atoms with E-state index in [0.717, 1.165) is 54.1 Å². The molecule has 0 radical (unpaired) electrons. The normalized spacial score (nSPS) is 14.0. The summed E-state index contributed by atoms with van der Waals surface area (Å²) in [5, 5.41) is 9.45. The predicted molar refractivity (Wildman–Crippen MR) is 121 cm³/mol. The highest BCUT2D eigenvalue weighted by Gasteiger charge is 2.15. The summed E-state index contributed by atoms with van der Waals surface area (Å²) >= 11 is 3.47. The molecule has 1 saturated heterocycles. The monoisotopic (exact) mass is 461 g/mol. The molecule has 0 bridgehead atoms. The molecule has 2 aromatic rings. The second kappa shape index (κ2) is 11.1. The SMILES string of the molecule is NCCCCNc1nc(Nc2cccc(NC(=O)CN3CCCC3)c2)ncc1Br. The molecule has 0 atom stereocenters. The minimum absolute atomic E-state index is 0.00732. The molecule has 2 heterocycles. The Morgan fingerprint density at radius 1 is 1.21 bits per heavy atom. The molecule has 1 aliphatic rings. The van der Waals surface area contributed by atoms with Crippen LogP contribution in [0.25, 0.3) is 0 Å². The van der Waals surface area contributed by atoms with Gasteiger partial charge in [0, 0.05) is 24.1 Å². The van der Waals surface area contributed by atoms with E-state index in [2.05, 4.69) is 46.7 Å². The van der Waals surface area contributed by atoms with E-state index < -0.39 is 0 Å².